The first-order valence-electron chi connectivity index (χ1n) is 6.87. The van der Waals surface area contributed by atoms with E-state index in [2.05, 4.69) is 15.7 Å². The number of nitrogens with zero attached hydrogens (tertiary/aromatic N) is 2. The van der Waals surface area contributed by atoms with Gasteiger partial charge in [0.05, 0.1) is 13.2 Å². The summed E-state index contributed by atoms with van der Waals surface area (Å²) >= 11 is 0. The lowest BCUT2D eigenvalue weighted by molar-refractivity contribution is -0.135. The highest BCUT2D eigenvalue weighted by Gasteiger charge is 2.16. The maximum Gasteiger partial charge on any atom is 0.224 e. The van der Waals surface area contributed by atoms with Crippen molar-refractivity contribution in [3.8, 4) is 0 Å². The van der Waals surface area contributed by atoms with Gasteiger partial charge in [0, 0.05) is 46.3 Å². The number of guanidine groups is 1. The van der Waals surface area contributed by atoms with Gasteiger partial charge in [-0.3, -0.25) is 15.2 Å². The summed E-state index contributed by atoms with van der Waals surface area (Å²) in [6.45, 7) is 4.38. The summed E-state index contributed by atoms with van der Waals surface area (Å²) < 4.78 is 10.1. The van der Waals surface area contributed by atoms with Crippen molar-refractivity contribution in [2.45, 2.75) is 12.8 Å². The van der Waals surface area contributed by atoms with E-state index in [-0.39, 0.29) is 5.91 Å². The molecule has 0 aromatic rings. The van der Waals surface area contributed by atoms with E-state index >= 15 is 0 Å². The molecule has 1 fully saturated rings. The molecule has 1 saturated heterocycles. The normalized spacial score (nSPS) is 16.1. The van der Waals surface area contributed by atoms with Crippen LogP contribution >= 0.6 is 0 Å². The van der Waals surface area contributed by atoms with Crippen molar-refractivity contribution < 1.29 is 14.3 Å². The Bertz CT molecular complexity index is 305. The molecule has 0 aliphatic carbocycles. The minimum Gasteiger partial charge on any atom is -0.385 e. The van der Waals surface area contributed by atoms with E-state index in [1.807, 2.05) is 4.90 Å². The SMILES string of the molecule is COCCCN=C(NN)NCCC(=O)N1CCOCC1. The highest BCUT2D eigenvalue weighted by Crippen LogP contribution is 1.99. The summed E-state index contributed by atoms with van der Waals surface area (Å²) in [7, 11) is 1.65. The number of carbonyl (C=O) groups excluding carboxylic acids is 1. The molecule has 20 heavy (non-hydrogen) atoms. The summed E-state index contributed by atoms with van der Waals surface area (Å²) in [6.07, 6.45) is 1.24. The molecule has 0 aromatic heterocycles. The van der Waals surface area contributed by atoms with Gasteiger partial charge in [0.1, 0.15) is 0 Å². The molecule has 8 nitrogen and oxygen atoms in total. The Labute approximate surface area is 119 Å². The lowest BCUT2D eigenvalue weighted by Gasteiger charge is -2.26. The number of aliphatic imine (C=N–C) groups is 1. The predicted molar refractivity (Wildman–Crippen MR) is 76.1 cm³/mol. The van der Waals surface area contributed by atoms with Gasteiger partial charge >= 0.3 is 0 Å². The second-order valence-corrected chi connectivity index (χ2v) is 4.39. The molecule has 1 heterocycles. The minimum atomic E-state index is 0.122. The summed E-state index contributed by atoms with van der Waals surface area (Å²) in [6, 6.07) is 0. The van der Waals surface area contributed by atoms with Crippen LogP contribution in [0.25, 0.3) is 0 Å². The van der Waals surface area contributed by atoms with Crippen LogP contribution in [0.1, 0.15) is 12.8 Å². The van der Waals surface area contributed by atoms with E-state index in [4.69, 9.17) is 15.3 Å². The molecule has 116 valence electrons. The Morgan fingerprint density at radius 1 is 1.45 bits per heavy atom. The number of nitrogens with two attached hydrogens (primary N) is 1. The van der Waals surface area contributed by atoms with Gasteiger partial charge in [0.25, 0.3) is 0 Å². The van der Waals surface area contributed by atoms with Crippen molar-refractivity contribution >= 4 is 11.9 Å². The number of nitrogens with one attached hydrogen (secondary N) is 2. The number of hydrogen-bond acceptors (Lipinski definition) is 5. The first-order chi connectivity index (χ1) is 9.77. The maximum absolute atomic E-state index is 11.9. The van der Waals surface area contributed by atoms with Crippen LogP contribution in [-0.4, -0.2) is 69.9 Å². The van der Waals surface area contributed by atoms with Gasteiger partial charge in [-0.25, -0.2) is 5.84 Å². The molecule has 0 spiro atoms. The number of hydrazine groups is 1. The Morgan fingerprint density at radius 2 is 2.20 bits per heavy atom. The fourth-order valence-corrected chi connectivity index (χ4v) is 1.81. The first-order valence-corrected chi connectivity index (χ1v) is 6.87. The quantitative estimate of drug-likeness (QED) is 0.176. The molecule has 1 rings (SSSR count). The van der Waals surface area contributed by atoms with Gasteiger partial charge in [0.15, 0.2) is 0 Å². The summed E-state index contributed by atoms with van der Waals surface area (Å²) in [5.41, 5.74) is 2.49. The van der Waals surface area contributed by atoms with Crippen LogP contribution in [0, 0.1) is 0 Å². The van der Waals surface area contributed by atoms with Crippen LogP contribution in [-0.2, 0) is 14.3 Å². The Balaban J connectivity index is 2.18. The molecule has 0 unspecified atom stereocenters. The van der Waals surface area contributed by atoms with E-state index in [9.17, 15) is 4.79 Å². The van der Waals surface area contributed by atoms with Crippen molar-refractivity contribution in [3.05, 3.63) is 0 Å². The molecule has 4 N–H and O–H groups in total. The van der Waals surface area contributed by atoms with Crippen molar-refractivity contribution in [2.24, 2.45) is 10.8 Å². The topological polar surface area (TPSA) is 101 Å². The second kappa shape index (κ2) is 10.4. The van der Waals surface area contributed by atoms with Gasteiger partial charge in [-0.2, -0.15) is 0 Å². The minimum absolute atomic E-state index is 0.122. The zero-order valence-electron chi connectivity index (χ0n) is 12.1. The Kier molecular flexibility index (Phi) is 8.68. The molecule has 0 aromatic carbocycles. The number of morpholine rings is 1. The Morgan fingerprint density at radius 3 is 2.85 bits per heavy atom. The van der Waals surface area contributed by atoms with Crippen LogP contribution in [0.5, 0.6) is 0 Å². The number of amides is 1. The lowest BCUT2D eigenvalue weighted by Crippen LogP contribution is -2.45. The smallest absolute Gasteiger partial charge is 0.224 e. The summed E-state index contributed by atoms with van der Waals surface area (Å²) in [5, 5.41) is 3.01. The number of hydrogen-bond donors (Lipinski definition) is 3. The van der Waals surface area contributed by atoms with E-state index in [1.54, 1.807) is 7.11 Å². The molecular weight excluding hydrogens is 262 g/mol. The zero-order chi connectivity index (χ0) is 14.6. The van der Waals surface area contributed by atoms with Crippen LogP contribution in [0.4, 0.5) is 0 Å². The molecule has 1 aliphatic rings. The molecule has 0 bridgehead atoms. The molecule has 0 atom stereocenters. The Hall–Kier alpha value is -1.38. The largest absolute Gasteiger partial charge is 0.385 e. The highest BCUT2D eigenvalue weighted by atomic mass is 16.5. The van der Waals surface area contributed by atoms with Crippen LogP contribution in [0.2, 0.25) is 0 Å². The standard InChI is InChI=1S/C12H25N5O3/c1-19-8-2-4-14-12(16-13)15-5-3-11(18)17-6-9-20-10-7-17/h2-10,13H2,1H3,(H2,14,15,16). The highest BCUT2D eigenvalue weighted by molar-refractivity contribution is 5.80. The fraction of sp³-hybridized carbons (Fsp3) is 0.833. The van der Waals surface area contributed by atoms with E-state index in [1.165, 1.54) is 0 Å². The maximum atomic E-state index is 11.9. The van der Waals surface area contributed by atoms with Crippen molar-refractivity contribution in [1.29, 1.82) is 0 Å². The zero-order valence-corrected chi connectivity index (χ0v) is 12.1. The third kappa shape index (κ3) is 6.69. The number of carbonyl (C=O) groups is 1. The summed E-state index contributed by atoms with van der Waals surface area (Å²) in [5.74, 6) is 5.98. The van der Waals surface area contributed by atoms with E-state index in [0.717, 1.165) is 6.42 Å². The number of methoxy groups -OCH3 is 1. The molecule has 1 aliphatic heterocycles. The number of ether oxygens (including phenoxy) is 2. The average molecular weight is 287 g/mol. The van der Waals surface area contributed by atoms with Crippen LogP contribution < -0.4 is 16.6 Å². The van der Waals surface area contributed by atoms with Crippen molar-refractivity contribution in [3.63, 3.8) is 0 Å². The number of rotatable bonds is 7. The predicted octanol–water partition coefficient (Wildman–Crippen LogP) is -1.32. The third-order valence-electron chi connectivity index (χ3n) is 2.91. The third-order valence-corrected chi connectivity index (χ3v) is 2.91. The van der Waals surface area contributed by atoms with E-state index < -0.39 is 0 Å². The van der Waals surface area contributed by atoms with Gasteiger partial charge in [-0.05, 0) is 6.42 Å². The second-order valence-electron chi connectivity index (χ2n) is 4.39. The summed E-state index contributed by atoms with van der Waals surface area (Å²) in [4.78, 5) is 17.9. The monoisotopic (exact) mass is 287 g/mol. The van der Waals surface area contributed by atoms with Gasteiger partial charge < -0.3 is 19.7 Å². The molecule has 0 saturated carbocycles. The fourth-order valence-electron chi connectivity index (χ4n) is 1.81. The van der Waals surface area contributed by atoms with Crippen LogP contribution in [0.15, 0.2) is 4.99 Å². The molecule has 1 amide bonds. The molecule has 0 radical (unpaired) electrons. The van der Waals surface area contributed by atoms with Gasteiger partial charge in [0.2, 0.25) is 11.9 Å². The van der Waals surface area contributed by atoms with Crippen molar-refractivity contribution in [2.75, 3.05) is 53.1 Å². The first kappa shape index (κ1) is 16.7. The van der Waals surface area contributed by atoms with Crippen molar-refractivity contribution in [1.82, 2.24) is 15.6 Å². The molecule has 8 heteroatoms. The van der Waals surface area contributed by atoms with Crippen LogP contribution in [0.3, 0.4) is 0 Å². The average Bonchev–Trinajstić information content (AvgIpc) is 2.50. The molecular formula is C12H25N5O3. The van der Waals surface area contributed by atoms with Gasteiger partial charge in [-0.1, -0.05) is 0 Å². The van der Waals surface area contributed by atoms with Gasteiger partial charge in [-0.15, -0.1) is 0 Å². The lowest BCUT2D eigenvalue weighted by atomic mass is 10.3. The van der Waals surface area contributed by atoms with E-state index in [0.29, 0.717) is 58.4 Å².